The molecule has 0 spiro atoms. The third kappa shape index (κ3) is 6.35. The van der Waals surface area contributed by atoms with E-state index in [1.807, 2.05) is 182 Å². The van der Waals surface area contributed by atoms with Crippen LogP contribution in [0.5, 0.6) is 0 Å². The van der Waals surface area contributed by atoms with Crippen molar-refractivity contribution in [2.24, 2.45) is 0 Å². The van der Waals surface area contributed by atoms with Crippen LogP contribution in [0.1, 0.15) is 33.4 Å². The molecule has 1 aliphatic heterocycles. The summed E-state index contributed by atoms with van der Waals surface area (Å²) in [4.78, 5) is 0. The Balaban J connectivity index is 1.19. The first-order valence-electron chi connectivity index (χ1n) is 16.8. The van der Waals surface area contributed by atoms with Gasteiger partial charge in [-0.2, -0.15) is 0 Å². The van der Waals surface area contributed by atoms with E-state index in [2.05, 4.69) is 0 Å². The number of benzene rings is 6. The molecule has 1 heterocycles. The lowest BCUT2D eigenvalue weighted by Crippen LogP contribution is -2.40. The second kappa shape index (κ2) is 14.7. The Bertz CT molecular complexity index is 1540. The van der Waals surface area contributed by atoms with Gasteiger partial charge in [-0.05, 0) is 33.4 Å². The minimum atomic E-state index is -1.19. The Morgan fingerprint density at radius 3 is 0.776 bits per heavy atom. The second-order valence-corrected chi connectivity index (χ2v) is 12.4. The predicted octanol–water partition coefficient (Wildman–Crippen LogP) is 7.49. The summed E-state index contributed by atoms with van der Waals surface area (Å²) >= 11 is 0. The highest BCUT2D eigenvalue weighted by molar-refractivity contribution is 5.49. The van der Waals surface area contributed by atoms with E-state index in [9.17, 15) is 10.2 Å². The van der Waals surface area contributed by atoms with Crippen LogP contribution in [0.3, 0.4) is 0 Å². The predicted molar refractivity (Wildman–Crippen MR) is 191 cm³/mol. The number of hydrogen-bond donors (Lipinski definition) is 2. The van der Waals surface area contributed by atoms with Gasteiger partial charge in [0.25, 0.3) is 0 Å². The lowest BCUT2D eigenvalue weighted by molar-refractivity contribution is -0.107. The molecule has 0 radical (unpaired) electrons. The number of rotatable bonds is 12. The maximum atomic E-state index is 11.4. The van der Waals surface area contributed by atoms with Gasteiger partial charge in [-0.25, -0.2) is 0 Å². The summed E-state index contributed by atoms with van der Waals surface area (Å²) < 4.78 is 20.4. The third-order valence-electron chi connectivity index (χ3n) is 9.47. The Morgan fingerprint density at radius 1 is 0.367 bits per heavy atom. The first kappa shape index (κ1) is 32.7. The molecule has 0 amide bonds. The topological polar surface area (TPSA) is 68.2 Å². The normalized spacial score (nSPS) is 19.5. The SMILES string of the molecule is O[C@H]1[C@H](O)[C@H](COC(c2ccccc2)(c2ccccc2)c2ccccc2)O[C@H]1COC(c1ccccc1)(c1ccccc1)c1ccccc1. The zero-order valence-electron chi connectivity index (χ0n) is 27.2. The third-order valence-corrected chi connectivity index (χ3v) is 9.47. The summed E-state index contributed by atoms with van der Waals surface area (Å²) in [6, 6.07) is 60.4. The first-order valence-corrected chi connectivity index (χ1v) is 16.8. The molecule has 4 atom stereocenters. The summed E-state index contributed by atoms with van der Waals surface area (Å²) in [7, 11) is 0. The summed E-state index contributed by atoms with van der Waals surface area (Å²) in [6.45, 7) is 0.0449. The molecule has 0 unspecified atom stereocenters. The van der Waals surface area contributed by atoms with Crippen LogP contribution in [-0.2, 0) is 25.4 Å². The fourth-order valence-electron chi connectivity index (χ4n) is 7.05. The van der Waals surface area contributed by atoms with Crippen LogP contribution in [0.15, 0.2) is 182 Å². The average molecular weight is 649 g/mol. The molecule has 1 fully saturated rings. The Labute approximate surface area is 288 Å². The van der Waals surface area contributed by atoms with Crippen molar-refractivity contribution in [2.45, 2.75) is 35.6 Å². The zero-order chi connectivity index (χ0) is 33.5. The molecule has 1 aliphatic rings. The highest BCUT2D eigenvalue weighted by Gasteiger charge is 2.47. The van der Waals surface area contributed by atoms with Gasteiger partial charge < -0.3 is 24.4 Å². The van der Waals surface area contributed by atoms with Crippen molar-refractivity contribution < 1.29 is 24.4 Å². The second-order valence-electron chi connectivity index (χ2n) is 12.4. The fraction of sp³-hybridized carbons (Fsp3) is 0.182. The van der Waals surface area contributed by atoms with Crippen molar-refractivity contribution in [3.8, 4) is 0 Å². The van der Waals surface area contributed by atoms with Gasteiger partial charge in [-0.3, -0.25) is 0 Å². The van der Waals surface area contributed by atoms with Gasteiger partial charge in [0.2, 0.25) is 0 Å². The number of ether oxygens (including phenoxy) is 3. The highest BCUT2D eigenvalue weighted by atomic mass is 16.6. The Kier molecular flexibility index (Phi) is 9.80. The molecule has 0 saturated carbocycles. The largest absolute Gasteiger partial charge is 0.388 e. The molecular weight excluding hydrogens is 608 g/mol. The van der Waals surface area contributed by atoms with E-state index < -0.39 is 35.6 Å². The van der Waals surface area contributed by atoms with Gasteiger partial charge in [-0.15, -0.1) is 0 Å². The van der Waals surface area contributed by atoms with Gasteiger partial charge in [0.15, 0.2) is 0 Å². The van der Waals surface area contributed by atoms with Crippen LogP contribution in [0, 0.1) is 0 Å². The molecule has 6 aromatic rings. The molecule has 0 aliphatic carbocycles. The monoisotopic (exact) mass is 648 g/mol. The van der Waals surface area contributed by atoms with Crippen LogP contribution in [-0.4, -0.2) is 47.8 Å². The van der Waals surface area contributed by atoms with Crippen molar-refractivity contribution >= 4 is 0 Å². The van der Waals surface area contributed by atoms with Gasteiger partial charge in [-0.1, -0.05) is 182 Å². The van der Waals surface area contributed by atoms with Crippen molar-refractivity contribution in [3.05, 3.63) is 215 Å². The minimum absolute atomic E-state index is 0.0224. The van der Waals surface area contributed by atoms with E-state index in [1.165, 1.54) is 0 Å². The standard InChI is InChI=1S/C44H40O5/c45-41-39(31-47-43(33-19-7-1-8-20-33,34-21-9-2-10-22-34)35-23-11-3-12-24-35)49-40(42(41)46)32-48-44(36-25-13-4-14-26-36,37-27-15-5-16-28-37)38-29-17-6-18-30-38/h1-30,39-42,45-46H,31-32H2/t39-,40-,41+,42+/m0/s1. The number of hydrogen-bond acceptors (Lipinski definition) is 5. The molecule has 7 rings (SSSR count). The molecule has 49 heavy (non-hydrogen) atoms. The average Bonchev–Trinajstić information content (AvgIpc) is 3.46. The smallest absolute Gasteiger partial charge is 0.143 e. The van der Waals surface area contributed by atoms with Gasteiger partial charge in [0.05, 0.1) is 13.2 Å². The maximum Gasteiger partial charge on any atom is 0.143 e. The Hall–Kier alpha value is -4.88. The maximum absolute atomic E-state index is 11.4. The quantitative estimate of drug-likeness (QED) is 0.135. The summed E-state index contributed by atoms with van der Waals surface area (Å²) in [6.07, 6.45) is -3.99. The Morgan fingerprint density at radius 2 is 0.571 bits per heavy atom. The van der Waals surface area contributed by atoms with Crippen LogP contribution >= 0.6 is 0 Å². The fourth-order valence-corrected chi connectivity index (χ4v) is 7.05. The molecule has 246 valence electrons. The van der Waals surface area contributed by atoms with E-state index in [-0.39, 0.29) is 13.2 Å². The summed E-state index contributed by atoms with van der Waals surface area (Å²) in [5.41, 5.74) is 3.68. The molecule has 5 heteroatoms. The van der Waals surface area contributed by atoms with E-state index in [4.69, 9.17) is 14.2 Å². The molecule has 6 aromatic carbocycles. The molecular formula is C44H40O5. The van der Waals surface area contributed by atoms with Gasteiger partial charge in [0.1, 0.15) is 35.6 Å². The highest BCUT2D eigenvalue weighted by Crippen LogP contribution is 2.43. The minimum Gasteiger partial charge on any atom is -0.388 e. The van der Waals surface area contributed by atoms with Crippen molar-refractivity contribution in [3.63, 3.8) is 0 Å². The number of aliphatic hydroxyl groups is 2. The molecule has 1 saturated heterocycles. The molecule has 0 aromatic heterocycles. The van der Waals surface area contributed by atoms with Crippen LogP contribution in [0.4, 0.5) is 0 Å². The first-order chi connectivity index (χ1) is 24.1. The van der Waals surface area contributed by atoms with E-state index in [0.717, 1.165) is 33.4 Å². The lowest BCUT2D eigenvalue weighted by atomic mass is 9.80. The summed E-state index contributed by atoms with van der Waals surface area (Å²) in [5.74, 6) is 0. The van der Waals surface area contributed by atoms with E-state index >= 15 is 0 Å². The van der Waals surface area contributed by atoms with Crippen molar-refractivity contribution in [1.82, 2.24) is 0 Å². The van der Waals surface area contributed by atoms with Crippen LogP contribution in [0.2, 0.25) is 0 Å². The van der Waals surface area contributed by atoms with E-state index in [0.29, 0.717) is 0 Å². The van der Waals surface area contributed by atoms with Crippen molar-refractivity contribution in [1.29, 1.82) is 0 Å². The summed E-state index contributed by atoms with van der Waals surface area (Å²) in [5, 5.41) is 22.8. The van der Waals surface area contributed by atoms with E-state index in [1.54, 1.807) is 0 Å². The van der Waals surface area contributed by atoms with Crippen LogP contribution < -0.4 is 0 Å². The lowest BCUT2D eigenvalue weighted by Gasteiger charge is -2.37. The zero-order valence-corrected chi connectivity index (χ0v) is 27.2. The molecule has 5 nitrogen and oxygen atoms in total. The van der Waals surface area contributed by atoms with Gasteiger partial charge >= 0.3 is 0 Å². The number of aliphatic hydroxyl groups excluding tert-OH is 2. The molecule has 0 bridgehead atoms. The van der Waals surface area contributed by atoms with Crippen LogP contribution in [0.25, 0.3) is 0 Å². The molecule has 2 N–H and O–H groups in total. The van der Waals surface area contributed by atoms with Gasteiger partial charge in [0, 0.05) is 0 Å². The van der Waals surface area contributed by atoms with Crippen molar-refractivity contribution in [2.75, 3.05) is 13.2 Å².